The first-order chi connectivity index (χ1) is 14.4. The predicted molar refractivity (Wildman–Crippen MR) is 123 cm³/mol. The predicted octanol–water partition coefficient (Wildman–Crippen LogP) is 5.37. The highest BCUT2D eigenvalue weighted by molar-refractivity contribution is 6.32. The van der Waals surface area contributed by atoms with Gasteiger partial charge in [0.2, 0.25) is 0 Å². The van der Waals surface area contributed by atoms with Gasteiger partial charge in [0.25, 0.3) is 5.91 Å². The number of hydrogen-bond donors (Lipinski definition) is 3. The van der Waals surface area contributed by atoms with Crippen molar-refractivity contribution in [3.05, 3.63) is 52.3 Å². The number of aromatic amines is 1. The van der Waals surface area contributed by atoms with Gasteiger partial charge in [0.1, 0.15) is 11.6 Å². The van der Waals surface area contributed by atoms with E-state index in [0.717, 1.165) is 23.9 Å². The average molecular weight is 443 g/mol. The van der Waals surface area contributed by atoms with E-state index in [1.54, 1.807) is 18.2 Å². The van der Waals surface area contributed by atoms with E-state index in [4.69, 9.17) is 11.6 Å². The monoisotopic (exact) mass is 442 g/mol. The Morgan fingerprint density at radius 3 is 2.48 bits per heavy atom. The van der Waals surface area contributed by atoms with Crippen molar-refractivity contribution in [1.29, 1.82) is 0 Å². The Balaban J connectivity index is 1.55. The van der Waals surface area contributed by atoms with Gasteiger partial charge in [-0.05, 0) is 83.4 Å². The second-order valence-electron chi connectivity index (χ2n) is 9.87. The fourth-order valence-corrected chi connectivity index (χ4v) is 4.97. The highest BCUT2D eigenvalue weighted by Crippen LogP contribution is 2.30. The maximum absolute atomic E-state index is 14.9. The van der Waals surface area contributed by atoms with Crippen LogP contribution in [0.2, 0.25) is 5.02 Å². The third kappa shape index (κ3) is 4.60. The maximum atomic E-state index is 14.9. The number of halogens is 2. The minimum Gasteiger partial charge on any atom is -0.349 e. The lowest BCUT2D eigenvalue weighted by Gasteiger charge is -2.46. The van der Waals surface area contributed by atoms with E-state index in [2.05, 4.69) is 48.3 Å². The molecule has 1 fully saturated rings. The highest BCUT2D eigenvalue weighted by atomic mass is 35.5. The number of rotatable bonds is 3. The third-order valence-corrected chi connectivity index (χ3v) is 6.18. The molecule has 0 spiro atoms. The highest BCUT2D eigenvalue weighted by Gasteiger charge is 2.38. The molecular formula is C24H28ClFN4O. The van der Waals surface area contributed by atoms with Crippen LogP contribution in [0.5, 0.6) is 0 Å². The van der Waals surface area contributed by atoms with E-state index < -0.39 is 5.82 Å². The van der Waals surface area contributed by atoms with Gasteiger partial charge >= 0.3 is 0 Å². The molecule has 31 heavy (non-hydrogen) atoms. The van der Waals surface area contributed by atoms with E-state index in [1.165, 1.54) is 6.07 Å². The Hall–Kier alpha value is -2.44. The van der Waals surface area contributed by atoms with E-state index in [-0.39, 0.29) is 23.0 Å². The normalized spacial score (nSPS) is 18.3. The Morgan fingerprint density at radius 1 is 1.16 bits per heavy atom. The van der Waals surface area contributed by atoms with Gasteiger partial charge < -0.3 is 15.6 Å². The lowest BCUT2D eigenvalue weighted by atomic mass is 9.79. The number of amides is 1. The summed E-state index contributed by atoms with van der Waals surface area (Å²) >= 11 is 6.17. The molecule has 1 amide bonds. The molecule has 7 heteroatoms. The molecule has 164 valence electrons. The maximum Gasteiger partial charge on any atom is 0.251 e. The number of hydrogen-bond acceptors (Lipinski definition) is 3. The van der Waals surface area contributed by atoms with Crippen molar-refractivity contribution in [2.45, 2.75) is 64.6 Å². The summed E-state index contributed by atoms with van der Waals surface area (Å²) in [5, 5.41) is 7.29. The summed E-state index contributed by atoms with van der Waals surface area (Å²) in [4.78, 5) is 20.4. The number of imidazole rings is 1. The SMILES string of the molecule is Cc1cc2[nH]c(-c3ccc(C(=O)NC4CC(C)(C)NC(C)(C)C4)cc3F)nc2cc1Cl. The largest absolute Gasteiger partial charge is 0.349 e. The minimum atomic E-state index is -0.500. The number of benzene rings is 2. The Morgan fingerprint density at radius 2 is 1.84 bits per heavy atom. The van der Waals surface area contributed by atoms with Gasteiger partial charge in [0, 0.05) is 27.7 Å². The molecule has 0 atom stereocenters. The van der Waals surface area contributed by atoms with Crippen molar-refractivity contribution in [1.82, 2.24) is 20.6 Å². The first-order valence-corrected chi connectivity index (χ1v) is 10.9. The van der Waals surface area contributed by atoms with Crippen LogP contribution in [0.25, 0.3) is 22.4 Å². The molecule has 3 N–H and O–H groups in total. The quantitative estimate of drug-likeness (QED) is 0.510. The molecule has 0 aliphatic carbocycles. The van der Waals surface area contributed by atoms with Gasteiger partial charge in [-0.1, -0.05) is 11.6 Å². The summed E-state index contributed by atoms with van der Waals surface area (Å²) in [6, 6.07) is 8.16. The van der Waals surface area contributed by atoms with E-state index >= 15 is 0 Å². The van der Waals surface area contributed by atoms with Crippen molar-refractivity contribution in [2.24, 2.45) is 0 Å². The van der Waals surface area contributed by atoms with Crippen molar-refractivity contribution in [3.63, 3.8) is 0 Å². The van der Waals surface area contributed by atoms with Gasteiger partial charge in [-0.2, -0.15) is 0 Å². The molecule has 1 aromatic heterocycles. The molecule has 0 saturated carbocycles. The number of carbonyl (C=O) groups excluding carboxylic acids is 1. The fraction of sp³-hybridized carbons (Fsp3) is 0.417. The summed E-state index contributed by atoms with van der Waals surface area (Å²) in [5.41, 5.74) is 2.81. The molecule has 2 heterocycles. The summed E-state index contributed by atoms with van der Waals surface area (Å²) in [7, 11) is 0. The van der Waals surface area contributed by atoms with Crippen molar-refractivity contribution < 1.29 is 9.18 Å². The van der Waals surface area contributed by atoms with Crippen LogP contribution >= 0.6 is 11.6 Å². The number of aryl methyl sites for hydroxylation is 1. The summed E-state index contributed by atoms with van der Waals surface area (Å²) in [5.74, 6) is -0.362. The molecule has 1 aliphatic heterocycles. The van der Waals surface area contributed by atoms with Crippen LogP contribution < -0.4 is 10.6 Å². The van der Waals surface area contributed by atoms with Crippen LogP contribution in [-0.4, -0.2) is 33.0 Å². The van der Waals surface area contributed by atoms with Gasteiger partial charge in [-0.25, -0.2) is 9.37 Å². The summed E-state index contributed by atoms with van der Waals surface area (Å²) < 4.78 is 14.9. The smallest absolute Gasteiger partial charge is 0.251 e. The minimum absolute atomic E-state index is 0.0184. The number of H-pyrrole nitrogens is 1. The molecule has 2 aromatic carbocycles. The van der Waals surface area contributed by atoms with Crippen molar-refractivity contribution >= 4 is 28.5 Å². The number of piperidine rings is 1. The Bertz CT molecular complexity index is 1110. The van der Waals surface area contributed by atoms with Gasteiger partial charge in [0.15, 0.2) is 0 Å². The van der Waals surface area contributed by atoms with Crippen LogP contribution in [0.15, 0.2) is 30.3 Å². The van der Waals surface area contributed by atoms with Crippen LogP contribution in [0, 0.1) is 12.7 Å². The van der Waals surface area contributed by atoms with Crippen LogP contribution in [0.4, 0.5) is 4.39 Å². The standard InChI is InChI=1S/C24H28ClFN4O/c1-13-8-19-20(10-17(13)25)29-21(28-19)16-7-6-14(9-18(16)26)22(31)27-15-11-23(2,3)30-24(4,5)12-15/h6-10,15,30H,11-12H2,1-5H3,(H,27,31)(H,28,29). The first kappa shape index (κ1) is 21.8. The van der Waals surface area contributed by atoms with Crippen LogP contribution in [0.1, 0.15) is 56.5 Å². The Kier molecular flexibility index (Phi) is 5.34. The molecule has 1 aliphatic rings. The molecule has 0 radical (unpaired) electrons. The first-order valence-electron chi connectivity index (χ1n) is 10.5. The lowest BCUT2D eigenvalue weighted by molar-refractivity contribution is 0.0872. The molecule has 0 bridgehead atoms. The van der Waals surface area contributed by atoms with E-state index in [0.29, 0.717) is 27.5 Å². The number of fused-ring (bicyclic) bond motifs is 1. The zero-order valence-corrected chi connectivity index (χ0v) is 19.2. The number of carbonyl (C=O) groups is 1. The zero-order chi connectivity index (χ0) is 22.6. The topological polar surface area (TPSA) is 69.8 Å². The zero-order valence-electron chi connectivity index (χ0n) is 18.5. The molecule has 3 aromatic rings. The Labute approximate surface area is 186 Å². The van der Waals surface area contributed by atoms with Crippen molar-refractivity contribution in [3.8, 4) is 11.4 Å². The van der Waals surface area contributed by atoms with E-state index in [1.807, 2.05) is 13.0 Å². The number of nitrogens with one attached hydrogen (secondary N) is 3. The average Bonchev–Trinajstić information content (AvgIpc) is 3.01. The second kappa shape index (κ2) is 7.61. The van der Waals surface area contributed by atoms with Crippen LogP contribution in [0.3, 0.4) is 0 Å². The van der Waals surface area contributed by atoms with Crippen LogP contribution in [-0.2, 0) is 0 Å². The molecule has 1 saturated heterocycles. The van der Waals surface area contributed by atoms with Gasteiger partial charge in [-0.15, -0.1) is 0 Å². The number of aromatic nitrogens is 2. The van der Waals surface area contributed by atoms with Gasteiger partial charge in [-0.3, -0.25) is 4.79 Å². The number of nitrogens with zero attached hydrogens (tertiary/aromatic N) is 1. The molecule has 0 unspecified atom stereocenters. The lowest BCUT2D eigenvalue weighted by Crippen LogP contribution is -2.62. The third-order valence-electron chi connectivity index (χ3n) is 5.77. The summed E-state index contributed by atoms with van der Waals surface area (Å²) in [6.45, 7) is 10.4. The fourth-order valence-electron chi connectivity index (χ4n) is 4.81. The second-order valence-corrected chi connectivity index (χ2v) is 10.3. The summed E-state index contributed by atoms with van der Waals surface area (Å²) in [6.07, 6.45) is 1.62. The molecular weight excluding hydrogens is 415 g/mol. The van der Waals surface area contributed by atoms with Crippen molar-refractivity contribution in [2.75, 3.05) is 0 Å². The van der Waals surface area contributed by atoms with E-state index in [9.17, 15) is 9.18 Å². The van der Waals surface area contributed by atoms with Gasteiger partial charge in [0.05, 0.1) is 16.6 Å². The molecule has 5 nitrogen and oxygen atoms in total. The molecule has 4 rings (SSSR count).